The van der Waals surface area contributed by atoms with Crippen molar-refractivity contribution < 1.29 is 0 Å². The van der Waals surface area contributed by atoms with Crippen molar-refractivity contribution >= 4 is 0 Å². The lowest BCUT2D eigenvalue weighted by Crippen LogP contribution is -2.16. The Morgan fingerprint density at radius 2 is 2.31 bits per heavy atom. The fourth-order valence-corrected chi connectivity index (χ4v) is 1.15. The molecule has 1 unspecified atom stereocenters. The maximum Gasteiger partial charge on any atom is 0.0690 e. The Morgan fingerprint density at radius 1 is 1.54 bits per heavy atom. The molecule has 0 radical (unpaired) electrons. The Labute approximate surface area is 79.2 Å². The average molecular weight is 174 g/mol. The molecule has 0 aromatic carbocycles. The van der Waals surface area contributed by atoms with Crippen LogP contribution in [-0.2, 0) is 6.42 Å². The van der Waals surface area contributed by atoms with Crippen molar-refractivity contribution in [1.82, 2.24) is 4.98 Å². The van der Waals surface area contributed by atoms with E-state index in [0.717, 1.165) is 18.5 Å². The molecule has 2 heteroatoms. The fourth-order valence-electron chi connectivity index (χ4n) is 1.15. The summed E-state index contributed by atoms with van der Waals surface area (Å²) in [7, 11) is 0. The molecule has 0 aliphatic rings. The molecule has 68 valence electrons. The molecule has 13 heavy (non-hydrogen) atoms. The Morgan fingerprint density at radius 3 is 2.77 bits per heavy atom. The lowest BCUT2D eigenvalue weighted by Gasteiger charge is -2.18. The average Bonchev–Trinajstić information content (AvgIpc) is 2.19. The zero-order valence-electron chi connectivity index (χ0n) is 8.12. The number of hydrogen-bond donors (Lipinski definition) is 0. The van der Waals surface area contributed by atoms with Gasteiger partial charge in [-0.05, 0) is 25.5 Å². The van der Waals surface area contributed by atoms with Crippen molar-refractivity contribution in [1.29, 1.82) is 5.26 Å². The number of aromatic nitrogens is 1. The molecule has 0 amide bonds. The van der Waals surface area contributed by atoms with Crippen LogP contribution in [0.2, 0.25) is 0 Å². The molecule has 2 nitrogen and oxygen atoms in total. The summed E-state index contributed by atoms with van der Waals surface area (Å²) in [5.74, 6) is 0. The van der Waals surface area contributed by atoms with Gasteiger partial charge in [-0.15, -0.1) is 0 Å². The first-order chi connectivity index (χ1) is 6.20. The highest BCUT2D eigenvalue weighted by atomic mass is 14.7. The van der Waals surface area contributed by atoms with Gasteiger partial charge in [0.1, 0.15) is 0 Å². The first-order valence-electron chi connectivity index (χ1n) is 4.51. The predicted molar refractivity (Wildman–Crippen MR) is 52.0 cm³/mol. The first-order valence-corrected chi connectivity index (χ1v) is 4.51. The van der Waals surface area contributed by atoms with E-state index in [1.54, 1.807) is 6.20 Å². The Kier molecular flexibility index (Phi) is 3.02. The second-order valence-corrected chi connectivity index (χ2v) is 3.52. The summed E-state index contributed by atoms with van der Waals surface area (Å²) in [4.78, 5) is 4.21. The second-order valence-electron chi connectivity index (χ2n) is 3.52. The van der Waals surface area contributed by atoms with Crippen LogP contribution in [0.15, 0.2) is 24.4 Å². The highest BCUT2D eigenvalue weighted by Crippen LogP contribution is 2.24. The quantitative estimate of drug-likeness (QED) is 0.706. The molecule has 0 saturated heterocycles. The van der Waals surface area contributed by atoms with Crippen LogP contribution in [0.3, 0.4) is 0 Å². The lowest BCUT2D eigenvalue weighted by atomic mass is 9.84. The van der Waals surface area contributed by atoms with Crippen LogP contribution in [0.25, 0.3) is 0 Å². The largest absolute Gasteiger partial charge is 0.261 e. The van der Waals surface area contributed by atoms with Gasteiger partial charge in [0.2, 0.25) is 0 Å². The summed E-state index contributed by atoms with van der Waals surface area (Å²) < 4.78 is 0. The molecular weight excluding hydrogens is 160 g/mol. The first kappa shape index (κ1) is 9.73. The van der Waals surface area contributed by atoms with Crippen molar-refractivity contribution in [3.05, 3.63) is 30.1 Å². The maximum atomic E-state index is 8.97. The van der Waals surface area contributed by atoms with Crippen molar-refractivity contribution in [2.45, 2.75) is 26.7 Å². The minimum absolute atomic E-state index is 0.269. The molecule has 0 saturated carbocycles. The van der Waals surface area contributed by atoms with Gasteiger partial charge >= 0.3 is 0 Å². The minimum Gasteiger partial charge on any atom is -0.261 e. The van der Waals surface area contributed by atoms with Crippen LogP contribution < -0.4 is 0 Å². The number of hydrogen-bond acceptors (Lipinski definition) is 2. The molecule has 1 rings (SSSR count). The third-order valence-corrected chi connectivity index (χ3v) is 2.35. The van der Waals surface area contributed by atoms with E-state index in [1.165, 1.54) is 0 Å². The summed E-state index contributed by atoms with van der Waals surface area (Å²) >= 11 is 0. The topological polar surface area (TPSA) is 36.7 Å². The zero-order chi connectivity index (χ0) is 9.73. The molecular formula is C11H14N2. The third kappa shape index (κ3) is 2.55. The summed E-state index contributed by atoms with van der Waals surface area (Å²) in [6, 6.07) is 8.14. The minimum atomic E-state index is -0.269. The summed E-state index contributed by atoms with van der Waals surface area (Å²) in [5, 5.41) is 8.97. The van der Waals surface area contributed by atoms with Crippen molar-refractivity contribution in [2.75, 3.05) is 0 Å². The maximum absolute atomic E-state index is 8.97. The number of nitrogens with zero attached hydrogens (tertiary/aromatic N) is 2. The second kappa shape index (κ2) is 4.04. The summed E-state index contributed by atoms with van der Waals surface area (Å²) in [5.41, 5.74) is 0.724. The van der Waals surface area contributed by atoms with E-state index in [2.05, 4.69) is 11.1 Å². The molecule has 1 atom stereocenters. The number of rotatable bonds is 3. The predicted octanol–water partition coefficient (Wildman–Crippen LogP) is 2.56. The van der Waals surface area contributed by atoms with Crippen LogP contribution in [0, 0.1) is 16.7 Å². The molecule has 0 aliphatic carbocycles. The van der Waals surface area contributed by atoms with E-state index in [4.69, 9.17) is 5.26 Å². The van der Waals surface area contributed by atoms with Gasteiger partial charge in [0.15, 0.2) is 0 Å². The van der Waals surface area contributed by atoms with E-state index in [1.807, 2.05) is 32.0 Å². The van der Waals surface area contributed by atoms with Gasteiger partial charge < -0.3 is 0 Å². The van der Waals surface area contributed by atoms with Crippen LogP contribution in [0.1, 0.15) is 26.0 Å². The van der Waals surface area contributed by atoms with E-state index >= 15 is 0 Å². The van der Waals surface area contributed by atoms with Crippen molar-refractivity contribution in [3.63, 3.8) is 0 Å². The van der Waals surface area contributed by atoms with E-state index in [-0.39, 0.29) is 5.41 Å². The van der Waals surface area contributed by atoms with E-state index in [0.29, 0.717) is 0 Å². The van der Waals surface area contributed by atoms with Crippen LogP contribution >= 0.6 is 0 Å². The molecule has 1 aromatic heterocycles. The van der Waals surface area contributed by atoms with Gasteiger partial charge in [-0.1, -0.05) is 13.0 Å². The van der Waals surface area contributed by atoms with Crippen LogP contribution in [-0.4, -0.2) is 4.98 Å². The van der Waals surface area contributed by atoms with E-state index in [9.17, 15) is 0 Å². The zero-order valence-corrected chi connectivity index (χ0v) is 8.12. The van der Waals surface area contributed by atoms with Gasteiger partial charge in [-0.2, -0.15) is 5.26 Å². The Balaban J connectivity index is 2.75. The third-order valence-electron chi connectivity index (χ3n) is 2.35. The summed E-state index contributed by atoms with van der Waals surface area (Å²) in [6.07, 6.45) is 3.36. The monoisotopic (exact) mass is 174 g/mol. The molecule has 0 aliphatic heterocycles. The van der Waals surface area contributed by atoms with Crippen molar-refractivity contribution in [3.8, 4) is 6.07 Å². The van der Waals surface area contributed by atoms with Gasteiger partial charge in [0, 0.05) is 18.3 Å². The number of pyridine rings is 1. The van der Waals surface area contributed by atoms with Crippen LogP contribution in [0.4, 0.5) is 0 Å². The molecule has 0 N–H and O–H groups in total. The highest BCUT2D eigenvalue weighted by molar-refractivity contribution is 5.10. The molecule has 0 bridgehead atoms. The van der Waals surface area contributed by atoms with E-state index < -0.39 is 0 Å². The number of nitriles is 1. The van der Waals surface area contributed by atoms with Crippen molar-refractivity contribution in [2.24, 2.45) is 5.41 Å². The SMILES string of the molecule is CCC(C)(C#N)Cc1ccccn1. The summed E-state index contributed by atoms with van der Waals surface area (Å²) in [6.45, 7) is 4.01. The normalized spacial score (nSPS) is 14.5. The van der Waals surface area contributed by atoms with Crippen LogP contribution in [0.5, 0.6) is 0 Å². The van der Waals surface area contributed by atoms with Gasteiger partial charge in [0.25, 0.3) is 0 Å². The van der Waals surface area contributed by atoms with Gasteiger partial charge in [-0.25, -0.2) is 0 Å². The standard InChI is InChI=1S/C11H14N2/c1-3-11(2,9-12)8-10-6-4-5-7-13-10/h4-7H,3,8H2,1-2H3. The lowest BCUT2D eigenvalue weighted by molar-refractivity contribution is 0.418. The molecule has 0 spiro atoms. The molecule has 0 fully saturated rings. The smallest absolute Gasteiger partial charge is 0.0690 e. The Bertz CT molecular complexity index is 300. The molecule has 1 heterocycles. The van der Waals surface area contributed by atoms with Gasteiger partial charge in [-0.3, -0.25) is 4.98 Å². The van der Waals surface area contributed by atoms with Gasteiger partial charge in [0.05, 0.1) is 11.5 Å². The molecule has 1 aromatic rings. The Hall–Kier alpha value is -1.36. The fraction of sp³-hybridized carbons (Fsp3) is 0.455. The highest BCUT2D eigenvalue weighted by Gasteiger charge is 2.22.